The van der Waals surface area contributed by atoms with Crippen LogP contribution in [0.3, 0.4) is 0 Å². The highest BCUT2D eigenvalue weighted by Crippen LogP contribution is 2.10. The Morgan fingerprint density at radius 2 is 1.08 bits per heavy atom. The van der Waals surface area contributed by atoms with Crippen LogP contribution in [0.25, 0.3) is 0 Å². The zero-order valence-corrected chi connectivity index (χ0v) is 16.5. The highest BCUT2D eigenvalue weighted by molar-refractivity contribution is 4.48. The highest BCUT2D eigenvalue weighted by atomic mass is 16.5. The number of likely N-dealkylation sites (N-methyl/N-ethyl adjacent to an activating group) is 1. The van der Waals surface area contributed by atoms with E-state index in [4.69, 9.17) is 14.9 Å². The summed E-state index contributed by atoms with van der Waals surface area (Å²) in [6.07, 6.45) is 14.6. The summed E-state index contributed by atoms with van der Waals surface area (Å²) in [5.74, 6) is 0. The van der Waals surface area contributed by atoms with E-state index in [0.29, 0.717) is 13.1 Å². The molecule has 146 valence electrons. The Hall–Kier alpha value is -0.160. The molecule has 0 bridgehead atoms. The van der Waals surface area contributed by atoms with Crippen LogP contribution in [0.4, 0.5) is 0 Å². The molecule has 0 unspecified atom stereocenters. The molecule has 2 N–H and O–H groups in total. The van der Waals surface area contributed by atoms with Crippen molar-refractivity contribution in [2.45, 2.75) is 77.6 Å². The predicted octanol–water partition coefficient (Wildman–Crippen LogP) is 3.75. The van der Waals surface area contributed by atoms with Crippen molar-refractivity contribution in [3.05, 3.63) is 0 Å². The molecule has 24 heavy (non-hydrogen) atoms. The van der Waals surface area contributed by atoms with E-state index in [1.165, 1.54) is 64.2 Å². The van der Waals surface area contributed by atoms with E-state index in [9.17, 15) is 0 Å². The number of ether oxygens (including phenoxy) is 1. The smallest absolute Gasteiger partial charge is 0.102 e. The summed E-state index contributed by atoms with van der Waals surface area (Å²) in [4.78, 5) is 0. The molecular formula is C20H44NO3+. The second-order valence-electron chi connectivity index (χ2n) is 7.39. The monoisotopic (exact) mass is 346 g/mol. The lowest BCUT2D eigenvalue weighted by Crippen LogP contribution is -2.48. The van der Waals surface area contributed by atoms with E-state index in [1.807, 2.05) is 0 Å². The van der Waals surface area contributed by atoms with Gasteiger partial charge < -0.3 is 19.4 Å². The summed E-state index contributed by atoms with van der Waals surface area (Å²) in [7, 11) is 2.09. The second-order valence-corrected chi connectivity index (χ2v) is 7.39. The summed E-state index contributed by atoms with van der Waals surface area (Å²) in [6.45, 7) is 6.66. The van der Waals surface area contributed by atoms with E-state index in [0.717, 1.165) is 30.7 Å². The topological polar surface area (TPSA) is 49.7 Å². The predicted molar refractivity (Wildman–Crippen MR) is 102 cm³/mol. The first-order chi connectivity index (χ1) is 11.7. The van der Waals surface area contributed by atoms with E-state index < -0.39 is 0 Å². The largest absolute Gasteiger partial charge is 0.391 e. The van der Waals surface area contributed by atoms with Crippen LogP contribution in [0.1, 0.15) is 77.6 Å². The van der Waals surface area contributed by atoms with Gasteiger partial charge in [0.15, 0.2) is 0 Å². The lowest BCUT2D eigenvalue weighted by molar-refractivity contribution is -0.910. The number of hydrogen-bond acceptors (Lipinski definition) is 3. The van der Waals surface area contributed by atoms with Gasteiger partial charge in [0.25, 0.3) is 0 Å². The molecule has 0 aliphatic carbocycles. The van der Waals surface area contributed by atoms with Gasteiger partial charge in [0.1, 0.15) is 13.1 Å². The van der Waals surface area contributed by atoms with Gasteiger partial charge in [0.2, 0.25) is 0 Å². The standard InChI is InChI=1S/C20H44NO3/c1-3-4-5-6-7-8-9-10-11-12-19-24-20-13-14-21(2,15-17-22)16-18-23/h22-23H,3-20H2,1-2H3/q+1. The summed E-state index contributed by atoms with van der Waals surface area (Å²) in [5.41, 5.74) is 0. The number of aliphatic hydroxyl groups is 2. The van der Waals surface area contributed by atoms with Gasteiger partial charge in [-0.05, 0) is 6.42 Å². The van der Waals surface area contributed by atoms with Crippen molar-refractivity contribution in [1.29, 1.82) is 0 Å². The van der Waals surface area contributed by atoms with Crippen molar-refractivity contribution < 1.29 is 19.4 Å². The second kappa shape index (κ2) is 17.7. The fourth-order valence-electron chi connectivity index (χ4n) is 3.16. The van der Waals surface area contributed by atoms with Gasteiger partial charge in [-0.3, -0.25) is 0 Å². The Kier molecular flexibility index (Phi) is 17.5. The fraction of sp³-hybridized carbons (Fsp3) is 1.00. The molecule has 0 saturated heterocycles. The van der Waals surface area contributed by atoms with Crippen LogP contribution in [0.2, 0.25) is 0 Å². The zero-order chi connectivity index (χ0) is 17.9. The van der Waals surface area contributed by atoms with E-state index >= 15 is 0 Å². The molecule has 4 heteroatoms. The van der Waals surface area contributed by atoms with E-state index in [-0.39, 0.29) is 13.2 Å². The van der Waals surface area contributed by atoms with E-state index in [1.54, 1.807) is 0 Å². The van der Waals surface area contributed by atoms with Crippen LogP contribution in [-0.2, 0) is 4.74 Å². The first kappa shape index (κ1) is 23.8. The van der Waals surface area contributed by atoms with Gasteiger partial charge in [0.05, 0.1) is 33.4 Å². The van der Waals surface area contributed by atoms with Crippen molar-refractivity contribution in [1.82, 2.24) is 0 Å². The third-order valence-corrected chi connectivity index (χ3v) is 4.91. The van der Waals surface area contributed by atoms with Gasteiger partial charge in [-0.25, -0.2) is 0 Å². The summed E-state index contributed by atoms with van der Waals surface area (Å²) in [5, 5.41) is 18.2. The molecule has 0 atom stereocenters. The Balaban J connectivity index is 3.30. The Morgan fingerprint density at radius 1 is 0.625 bits per heavy atom. The molecule has 0 amide bonds. The van der Waals surface area contributed by atoms with E-state index in [2.05, 4.69) is 14.0 Å². The molecule has 0 saturated carbocycles. The third kappa shape index (κ3) is 15.4. The first-order valence-corrected chi connectivity index (χ1v) is 10.3. The van der Waals surface area contributed by atoms with Crippen LogP contribution < -0.4 is 0 Å². The van der Waals surface area contributed by atoms with Crippen molar-refractivity contribution in [3.63, 3.8) is 0 Å². The molecule has 0 aromatic carbocycles. The van der Waals surface area contributed by atoms with Crippen LogP contribution >= 0.6 is 0 Å². The lowest BCUT2D eigenvalue weighted by atomic mass is 10.1. The minimum atomic E-state index is 0.177. The van der Waals surface area contributed by atoms with Crippen molar-refractivity contribution >= 4 is 0 Å². The molecule has 0 aliphatic rings. The van der Waals surface area contributed by atoms with Crippen molar-refractivity contribution in [2.24, 2.45) is 0 Å². The highest BCUT2D eigenvalue weighted by Gasteiger charge is 2.19. The van der Waals surface area contributed by atoms with Gasteiger partial charge in [-0.15, -0.1) is 0 Å². The number of quaternary nitrogens is 1. The molecule has 4 nitrogen and oxygen atoms in total. The molecule has 0 heterocycles. The molecule has 0 aromatic heterocycles. The quantitative estimate of drug-likeness (QED) is 0.277. The maximum Gasteiger partial charge on any atom is 0.102 e. The Labute approximate surface area is 150 Å². The molecule has 0 aliphatic heterocycles. The van der Waals surface area contributed by atoms with Gasteiger partial charge in [0, 0.05) is 13.0 Å². The zero-order valence-electron chi connectivity index (χ0n) is 16.5. The fourth-order valence-corrected chi connectivity index (χ4v) is 3.16. The summed E-state index contributed by atoms with van der Waals surface area (Å²) >= 11 is 0. The molecular weight excluding hydrogens is 302 g/mol. The number of rotatable bonds is 19. The van der Waals surface area contributed by atoms with Gasteiger partial charge >= 0.3 is 0 Å². The average molecular weight is 347 g/mol. The number of aliphatic hydroxyl groups excluding tert-OH is 2. The lowest BCUT2D eigenvalue weighted by Gasteiger charge is -2.33. The van der Waals surface area contributed by atoms with Gasteiger partial charge in [-0.2, -0.15) is 0 Å². The average Bonchev–Trinajstić information content (AvgIpc) is 2.55. The Bertz CT molecular complexity index is 243. The van der Waals surface area contributed by atoms with Crippen LogP contribution in [0, 0.1) is 0 Å². The van der Waals surface area contributed by atoms with Crippen molar-refractivity contribution in [2.75, 3.05) is 53.1 Å². The summed E-state index contributed by atoms with van der Waals surface area (Å²) in [6, 6.07) is 0. The first-order valence-electron chi connectivity index (χ1n) is 10.3. The number of unbranched alkanes of at least 4 members (excludes halogenated alkanes) is 9. The summed E-state index contributed by atoms with van der Waals surface area (Å²) < 4.78 is 6.45. The minimum Gasteiger partial charge on any atom is -0.391 e. The molecule has 0 radical (unpaired) electrons. The molecule has 0 fully saturated rings. The molecule has 0 aromatic rings. The normalized spacial score (nSPS) is 12.0. The molecule has 0 spiro atoms. The Morgan fingerprint density at radius 3 is 1.58 bits per heavy atom. The van der Waals surface area contributed by atoms with Crippen LogP contribution in [0.5, 0.6) is 0 Å². The maximum absolute atomic E-state index is 9.12. The maximum atomic E-state index is 9.12. The van der Waals surface area contributed by atoms with Crippen molar-refractivity contribution in [3.8, 4) is 0 Å². The number of hydrogen-bond donors (Lipinski definition) is 2. The third-order valence-electron chi connectivity index (χ3n) is 4.91. The van der Waals surface area contributed by atoms with Gasteiger partial charge in [-0.1, -0.05) is 64.7 Å². The minimum absolute atomic E-state index is 0.177. The molecule has 0 rings (SSSR count). The SMILES string of the molecule is CCCCCCCCCCCCOCCC[N+](C)(CCO)CCO. The van der Waals surface area contributed by atoms with Crippen LogP contribution in [0.15, 0.2) is 0 Å². The van der Waals surface area contributed by atoms with Crippen LogP contribution in [-0.4, -0.2) is 67.8 Å². The number of nitrogens with zero attached hydrogens (tertiary/aromatic N) is 1.